The maximum Gasteiger partial charge on any atom is 0.288 e. The number of amides is 1. The number of H-pyrrole nitrogens is 1. The van der Waals surface area contributed by atoms with Gasteiger partial charge in [0.2, 0.25) is 5.82 Å². The molecule has 2 aromatic rings. The zero-order valence-corrected chi connectivity index (χ0v) is 8.97. The molecule has 2 aromatic heterocycles. The summed E-state index contributed by atoms with van der Waals surface area (Å²) in [6.07, 6.45) is 1.31. The SMILES string of the molecule is Cc1cscc1CNC(=O)c1ncn[nH]1. The lowest BCUT2D eigenvalue weighted by Crippen LogP contribution is -2.24. The molecule has 0 saturated carbocycles. The summed E-state index contributed by atoms with van der Waals surface area (Å²) >= 11 is 1.63. The second kappa shape index (κ2) is 4.22. The minimum absolute atomic E-state index is 0.238. The van der Waals surface area contributed by atoms with Crippen LogP contribution in [-0.2, 0) is 6.54 Å². The number of aromatic nitrogens is 3. The van der Waals surface area contributed by atoms with Crippen LogP contribution in [0, 0.1) is 6.92 Å². The Hall–Kier alpha value is -1.69. The zero-order valence-electron chi connectivity index (χ0n) is 8.15. The van der Waals surface area contributed by atoms with Crippen molar-refractivity contribution in [2.45, 2.75) is 13.5 Å². The third-order valence-corrected chi connectivity index (χ3v) is 2.94. The third kappa shape index (κ3) is 2.21. The van der Waals surface area contributed by atoms with Crippen molar-refractivity contribution in [1.29, 1.82) is 0 Å². The summed E-state index contributed by atoms with van der Waals surface area (Å²) < 4.78 is 0. The fourth-order valence-electron chi connectivity index (χ4n) is 1.14. The molecule has 0 bridgehead atoms. The van der Waals surface area contributed by atoms with Gasteiger partial charge in [0.05, 0.1) is 0 Å². The van der Waals surface area contributed by atoms with Gasteiger partial charge in [-0.1, -0.05) is 0 Å². The summed E-state index contributed by atoms with van der Waals surface area (Å²) in [5, 5.41) is 13.0. The molecule has 5 nitrogen and oxygen atoms in total. The number of carbonyl (C=O) groups excluding carboxylic acids is 1. The smallest absolute Gasteiger partial charge is 0.288 e. The van der Waals surface area contributed by atoms with Crippen LogP contribution in [-0.4, -0.2) is 21.1 Å². The number of aryl methyl sites for hydroxylation is 1. The van der Waals surface area contributed by atoms with Crippen LogP contribution in [0.15, 0.2) is 17.1 Å². The number of hydrogen-bond acceptors (Lipinski definition) is 4. The second-order valence-electron chi connectivity index (χ2n) is 3.10. The predicted molar refractivity (Wildman–Crippen MR) is 56.6 cm³/mol. The van der Waals surface area contributed by atoms with Gasteiger partial charge in [-0.15, -0.1) is 0 Å². The van der Waals surface area contributed by atoms with Crippen LogP contribution in [0.5, 0.6) is 0 Å². The largest absolute Gasteiger partial charge is 0.345 e. The first kappa shape index (κ1) is 9.85. The minimum Gasteiger partial charge on any atom is -0.345 e. The molecule has 0 aliphatic carbocycles. The van der Waals surface area contributed by atoms with Gasteiger partial charge in [0, 0.05) is 6.54 Å². The topological polar surface area (TPSA) is 70.7 Å². The van der Waals surface area contributed by atoms with Crippen molar-refractivity contribution < 1.29 is 4.79 Å². The Morgan fingerprint density at radius 1 is 1.60 bits per heavy atom. The molecule has 0 aliphatic rings. The lowest BCUT2D eigenvalue weighted by molar-refractivity contribution is 0.0941. The van der Waals surface area contributed by atoms with Crippen molar-refractivity contribution in [1.82, 2.24) is 20.5 Å². The lowest BCUT2D eigenvalue weighted by atomic mass is 10.2. The highest BCUT2D eigenvalue weighted by molar-refractivity contribution is 7.08. The molecule has 0 unspecified atom stereocenters. The van der Waals surface area contributed by atoms with Crippen LogP contribution in [0.25, 0.3) is 0 Å². The van der Waals surface area contributed by atoms with E-state index in [1.54, 1.807) is 11.3 Å². The number of nitrogens with one attached hydrogen (secondary N) is 2. The molecular formula is C9H10N4OS. The van der Waals surface area contributed by atoms with E-state index in [2.05, 4.69) is 25.9 Å². The number of nitrogens with zero attached hydrogens (tertiary/aromatic N) is 2. The van der Waals surface area contributed by atoms with E-state index >= 15 is 0 Å². The second-order valence-corrected chi connectivity index (χ2v) is 3.84. The summed E-state index contributed by atoms with van der Waals surface area (Å²) in [5.74, 6) is 0.000910. The number of thiophene rings is 1. The van der Waals surface area contributed by atoms with Gasteiger partial charge < -0.3 is 5.32 Å². The van der Waals surface area contributed by atoms with Crippen molar-refractivity contribution in [3.63, 3.8) is 0 Å². The molecule has 0 aliphatic heterocycles. The van der Waals surface area contributed by atoms with Crippen LogP contribution in [0.2, 0.25) is 0 Å². The Morgan fingerprint density at radius 2 is 2.47 bits per heavy atom. The van der Waals surface area contributed by atoms with E-state index < -0.39 is 0 Å². The number of aromatic amines is 1. The van der Waals surface area contributed by atoms with E-state index in [1.165, 1.54) is 11.9 Å². The van der Waals surface area contributed by atoms with Gasteiger partial charge in [-0.3, -0.25) is 9.89 Å². The molecule has 1 amide bonds. The summed E-state index contributed by atoms with van der Waals surface area (Å²) in [6.45, 7) is 2.54. The van der Waals surface area contributed by atoms with E-state index in [0.717, 1.165) is 5.56 Å². The average Bonchev–Trinajstić information content (AvgIpc) is 2.85. The molecule has 0 radical (unpaired) electrons. The Labute approximate surface area is 90.6 Å². The molecule has 0 saturated heterocycles. The molecule has 0 spiro atoms. The van der Waals surface area contributed by atoms with Crippen molar-refractivity contribution >= 4 is 17.2 Å². The van der Waals surface area contributed by atoms with E-state index in [0.29, 0.717) is 6.54 Å². The normalized spacial score (nSPS) is 10.2. The summed E-state index contributed by atoms with van der Waals surface area (Å²) in [5.41, 5.74) is 2.32. The number of hydrogen-bond donors (Lipinski definition) is 2. The summed E-state index contributed by atoms with van der Waals surface area (Å²) in [4.78, 5) is 15.2. The Kier molecular flexibility index (Phi) is 2.77. The molecule has 15 heavy (non-hydrogen) atoms. The van der Waals surface area contributed by atoms with Crippen LogP contribution < -0.4 is 5.32 Å². The fourth-order valence-corrected chi connectivity index (χ4v) is 2.00. The van der Waals surface area contributed by atoms with E-state index in [1.807, 2.05) is 12.3 Å². The molecule has 0 fully saturated rings. The molecule has 6 heteroatoms. The third-order valence-electron chi connectivity index (χ3n) is 2.03. The van der Waals surface area contributed by atoms with Gasteiger partial charge in [0.25, 0.3) is 5.91 Å². The Morgan fingerprint density at radius 3 is 3.07 bits per heavy atom. The monoisotopic (exact) mass is 222 g/mol. The van der Waals surface area contributed by atoms with E-state index in [4.69, 9.17) is 0 Å². The lowest BCUT2D eigenvalue weighted by Gasteiger charge is -2.01. The highest BCUT2D eigenvalue weighted by Gasteiger charge is 2.08. The van der Waals surface area contributed by atoms with Gasteiger partial charge in [-0.25, -0.2) is 4.98 Å². The molecule has 0 atom stereocenters. The molecular weight excluding hydrogens is 212 g/mol. The van der Waals surface area contributed by atoms with Gasteiger partial charge in [0.15, 0.2) is 0 Å². The molecule has 78 valence electrons. The highest BCUT2D eigenvalue weighted by atomic mass is 32.1. The fraction of sp³-hybridized carbons (Fsp3) is 0.222. The number of rotatable bonds is 3. The van der Waals surface area contributed by atoms with Crippen molar-refractivity contribution in [2.75, 3.05) is 0 Å². The van der Waals surface area contributed by atoms with Gasteiger partial charge in [-0.05, 0) is 28.8 Å². The van der Waals surface area contributed by atoms with Crippen LogP contribution in [0.3, 0.4) is 0 Å². The summed E-state index contributed by atoms with van der Waals surface area (Å²) in [6, 6.07) is 0. The molecule has 2 rings (SSSR count). The highest BCUT2D eigenvalue weighted by Crippen LogP contribution is 2.12. The summed E-state index contributed by atoms with van der Waals surface area (Å²) in [7, 11) is 0. The predicted octanol–water partition coefficient (Wildman–Crippen LogP) is 1.10. The Bertz CT molecular complexity index is 448. The zero-order chi connectivity index (χ0) is 10.7. The van der Waals surface area contributed by atoms with Crippen LogP contribution in [0.4, 0.5) is 0 Å². The standard InChI is InChI=1S/C9H10N4OS/c1-6-3-15-4-7(6)2-10-9(14)8-11-5-12-13-8/h3-5H,2H2,1H3,(H,10,14)(H,11,12,13). The van der Waals surface area contributed by atoms with Crippen molar-refractivity contribution in [2.24, 2.45) is 0 Å². The van der Waals surface area contributed by atoms with Gasteiger partial charge in [0.1, 0.15) is 6.33 Å². The van der Waals surface area contributed by atoms with Gasteiger partial charge >= 0.3 is 0 Å². The molecule has 2 heterocycles. The first-order valence-corrected chi connectivity index (χ1v) is 5.37. The van der Waals surface area contributed by atoms with E-state index in [9.17, 15) is 4.79 Å². The maximum atomic E-state index is 11.5. The van der Waals surface area contributed by atoms with E-state index in [-0.39, 0.29) is 11.7 Å². The van der Waals surface area contributed by atoms with Crippen LogP contribution >= 0.6 is 11.3 Å². The molecule has 0 aromatic carbocycles. The number of carbonyl (C=O) groups is 1. The van der Waals surface area contributed by atoms with Crippen molar-refractivity contribution in [3.05, 3.63) is 34.0 Å². The average molecular weight is 222 g/mol. The van der Waals surface area contributed by atoms with Crippen molar-refractivity contribution in [3.8, 4) is 0 Å². The first-order valence-electron chi connectivity index (χ1n) is 4.42. The van der Waals surface area contributed by atoms with Crippen LogP contribution in [0.1, 0.15) is 21.7 Å². The quantitative estimate of drug-likeness (QED) is 0.817. The molecule has 2 N–H and O–H groups in total. The first-order chi connectivity index (χ1) is 7.27. The Balaban J connectivity index is 1.95. The minimum atomic E-state index is -0.238. The van der Waals surface area contributed by atoms with Gasteiger partial charge in [-0.2, -0.15) is 16.4 Å². The maximum absolute atomic E-state index is 11.5.